The molecule has 0 radical (unpaired) electrons. The number of aromatic nitrogens is 2. The highest BCUT2D eigenvalue weighted by atomic mass is 16.5. The Balaban J connectivity index is 1.55. The SMILES string of the molecule is COc1ccc(NC(=O)C2=C(C)Nc3c(C(=O)Nc4ccccc4)cnn3C2c2ccccc2OC)cc1. The molecule has 1 aromatic heterocycles. The number of fused-ring (bicyclic) bond motifs is 1. The number of ether oxygens (including phenoxy) is 2. The van der Waals surface area contributed by atoms with Gasteiger partial charge in [0, 0.05) is 22.6 Å². The van der Waals surface area contributed by atoms with Crippen molar-refractivity contribution in [3.05, 3.63) is 107 Å². The van der Waals surface area contributed by atoms with E-state index < -0.39 is 6.04 Å². The molecule has 9 nitrogen and oxygen atoms in total. The first-order valence-corrected chi connectivity index (χ1v) is 12.0. The van der Waals surface area contributed by atoms with E-state index in [2.05, 4.69) is 21.0 Å². The van der Waals surface area contributed by atoms with Gasteiger partial charge in [0.2, 0.25) is 0 Å². The zero-order chi connectivity index (χ0) is 26.6. The van der Waals surface area contributed by atoms with Crippen LogP contribution in [0.4, 0.5) is 17.2 Å². The standard InChI is InChI=1S/C29H27N5O4/c1-18-25(29(36)33-20-13-15-21(37-2)16-14-20)26(22-11-7-8-12-24(22)38-3)34-27(31-18)23(17-30-34)28(35)32-19-9-5-4-6-10-19/h4-17,26,31H,1-3H3,(H,32,35)(H,33,36). The Bertz CT molecular complexity index is 1510. The van der Waals surface area contributed by atoms with Gasteiger partial charge in [0.05, 0.1) is 26.0 Å². The van der Waals surface area contributed by atoms with E-state index in [1.165, 1.54) is 6.20 Å². The fourth-order valence-corrected chi connectivity index (χ4v) is 4.49. The van der Waals surface area contributed by atoms with Crippen LogP contribution >= 0.6 is 0 Å². The van der Waals surface area contributed by atoms with Crippen LogP contribution in [0.5, 0.6) is 11.5 Å². The first-order valence-electron chi connectivity index (χ1n) is 12.0. The molecule has 0 saturated heterocycles. The summed E-state index contributed by atoms with van der Waals surface area (Å²) in [6.07, 6.45) is 1.50. The van der Waals surface area contributed by atoms with Crippen molar-refractivity contribution in [1.29, 1.82) is 0 Å². The van der Waals surface area contributed by atoms with E-state index in [0.29, 0.717) is 45.5 Å². The second-order valence-electron chi connectivity index (χ2n) is 8.66. The molecule has 3 aromatic carbocycles. The van der Waals surface area contributed by atoms with E-state index in [-0.39, 0.29) is 11.8 Å². The number of rotatable bonds is 7. The summed E-state index contributed by atoms with van der Waals surface area (Å²) in [5.74, 6) is 1.13. The van der Waals surface area contributed by atoms with E-state index in [1.807, 2.05) is 54.6 Å². The number of carbonyl (C=O) groups is 2. The van der Waals surface area contributed by atoms with E-state index in [4.69, 9.17) is 9.47 Å². The van der Waals surface area contributed by atoms with Gasteiger partial charge in [0.15, 0.2) is 0 Å². The number of nitrogens with zero attached hydrogens (tertiary/aromatic N) is 2. The highest BCUT2D eigenvalue weighted by Crippen LogP contribution is 2.41. The van der Waals surface area contributed by atoms with Crippen molar-refractivity contribution in [3.63, 3.8) is 0 Å². The van der Waals surface area contributed by atoms with Crippen LogP contribution in [0, 0.1) is 0 Å². The maximum absolute atomic E-state index is 13.7. The molecule has 2 amide bonds. The lowest BCUT2D eigenvalue weighted by atomic mass is 9.93. The van der Waals surface area contributed by atoms with Gasteiger partial charge in [-0.05, 0) is 49.4 Å². The Hall–Kier alpha value is -5.05. The summed E-state index contributed by atoms with van der Waals surface area (Å²) >= 11 is 0. The van der Waals surface area contributed by atoms with Crippen molar-refractivity contribution < 1.29 is 19.1 Å². The van der Waals surface area contributed by atoms with Crippen molar-refractivity contribution in [2.75, 3.05) is 30.2 Å². The summed E-state index contributed by atoms with van der Waals surface area (Å²) in [6, 6.07) is 23.1. The minimum absolute atomic E-state index is 0.312. The molecule has 192 valence electrons. The van der Waals surface area contributed by atoms with Crippen LogP contribution in [0.15, 0.2) is 96.3 Å². The Morgan fingerprint density at radius 1 is 0.842 bits per heavy atom. The number of methoxy groups -OCH3 is 2. The third-order valence-corrected chi connectivity index (χ3v) is 6.33. The number of anilines is 3. The molecule has 0 bridgehead atoms. The Kier molecular flexibility index (Phi) is 6.82. The smallest absolute Gasteiger partial charge is 0.261 e. The van der Waals surface area contributed by atoms with E-state index >= 15 is 0 Å². The first-order chi connectivity index (χ1) is 18.5. The molecule has 9 heteroatoms. The highest BCUT2D eigenvalue weighted by molar-refractivity contribution is 6.09. The summed E-state index contributed by atoms with van der Waals surface area (Å²) in [7, 11) is 3.17. The number of nitrogens with one attached hydrogen (secondary N) is 3. The molecule has 38 heavy (non-hydrogen) atoms. The van der Waals surface area contributed by atoms with Crippen molar-refractivity contribution >= 4 is 29.0 Å². The predicted octanol–water partition coefficient (Wildman–Crippen LogP) is 5.08. The topological polar surface area (TPSA) is 107 Å². The minimum atomic E-state index is -0.654. The van der Waals surface area contributed by atoms with Crippen LogP contribution < -0.4 is 25.4 Å². The number of hydrogen-bond acceptors (Lipinski definition) is 6. The minimum Gasteiger partial charge on any atom is -0.497 e. The number of carbonyl (C=O) groups excluding carboxylic acids is 2. The van der Waals surface area contributed by atoms with Crippen molar-refractivity contribution in [2.24, 2.45) is 0 Å². The van der Waals surface area contributed by atoms with E-state index in [1.54, 1.807) is 50.1 Å². The lowest BCUT2D eigenvalue weighted by molar-refractivity contribution is -0.113. The third kappa shape index (κ3) is 4.69. The molecular weight excluding hydrogens is 482 g/mol. The summed E-state index contributed by atoms with van der Waals surface area (Å²) < 4.78 is 12.5. The van der Waals surface area contributed by atoms with Crippen molar-refractivity contribution in [1.82, 2.24) is 9.78 Å². The number of amides is 2. The molecule has 1 unspecified atom stereocenters. The lowest BCUT2D eigenvalue weighted by Gasteiger charge is -2.31. The number of allylic oxidation sites excluding steroid dienone is 1. The molecule has 1 atom stereocenters. The second-order valence-corrected chi connectivity index (χ2v) is 8.66. The first kappa shape index (κ1) is 24.6. The molecule has 2 heterocycles. The molecule has 0 spiro atoms. The number of para-hydroxylation sites is 2. The van der Waals surface area contributed by atoms with Crippen LogP contribution in [0.3, 0.4) is 0 Å². The van der Waals surface area contributed by atoms with Crippen molar-refractivity contribution in [3.8, 4) is 11.5 Å². The Labute approximate surface area is 220 Å². The predicted molar refractivity (Wildman–Crippen MR) is 146 cm³/mol. The molecule has 0 fully saturated rings. The van der Waals surface area contributed by atoms with Gasteiger partial charge in [0.25, 0.3) is 11.8 Å². The average molecular weight is 510 g/mol. The third-order valence-electron chi connectivity index (χ3n) is 6.33. The fourth-order valence-electron chi connectivity index (χ4n) is 4.49. The van der Waals surface area contributed by atoms with Gasteiger partial charge in [-0.2, -0.15) is 5.10 Å². The Morgan fingerprint density at radius 3 is 2.21 bits per heavy atom. The maximum Gasteiger partial charge on any atom is 0.261 e. The monoisotopic (exact) mass is 509 g/mol. The van der Waals surface area contributed by atoms with Crippen LogP contribution in [0.1, 0.15) is 28.9 Å². The van der Waals surface area contributed by atoms with Crippen LogP contribution in [0.2, 0.25) is 0 Å². The molecule has 1 aliphatic rings. The quantitative estimate of drug-likeness (QED) is 0.321. The summed E-state index contributed by atoms with van der Waals surface area (Å²) in [5, 5.41) is 13.7. The zero-order valence-corrected chi connectivity index (χ0v) is 21.2. The molecule has 3 N–H and O–H groups in total. The van der Waals surface area contributed by atoms with Gasteiger partial charge in [-0.3, -0.25) is 9.59 Å². The van der Waals surface area contributed by atoms with Crippen LogP contribution in [-0.4, -0.2) is 35.8 Å². The lowest BCUT2D eigenvalue weighted by Crippen LogP contribution is -2.32. The average Bonchev–Trinajstić information content (AvgIpc) is 3.36. The Morgan fingerprint density at radius 2 is 1.50 bits per heavy atom. The summed E-state index contributed by atoms with van der Waals surface area (Å²) in [6.45, 7) is 1.81. The van der Waals surface area contributed by atoms with Crippen LogP contribution in [0.25, 0.3) is 0 Å². The number of hydrogen-bond donors (Lipinski definition) is 3. The maximum atomic E-state index is 13.7. The van der Waals surface area contributed by atoms with Gasteiger partial charge >= 0.3 is 0 Å². The van der Waals surface area contributed by atoms with Gasteiger partial charge in [0.1, 0.15) is 28.9 Å². The van der Waals surface area contributed by atoms with Gasteiger partial charge in [-0.1, -0.05) is 36.4 Å². The summed E-state index contributed by atoms with van der Waals surface area (Å²) in [4.78, 5) is 26.9. The van der Waals surface area contributed by atoms with Gasteiger partial charge < -0.3 is 25.4 Å². The molecule has 0 aliphatic carbocycles. The van der Waals surface area contributed by atoms with Crippen molar-refractivity contribution in [2.45, 2.75) is 13.0 Å². The van der Waals surface area contributed by atoms with Gasteiger partial charge in [-0.15, -0.1) is 0 Å². The largest absolute Gasteiger partial charge is 0.497 e. The molecule has 5 rings (SSSR count). The van der Waals surface area contributed by atoms with E-state index in [9.17, 15) is 9.59 Å². The molecule has 1 aliphatic heterocycles. The number of benzene rings is 3. The van der Waals surface area contributed by atoms with E-state index in [0.717, 1.165) is 5.56 Å². The normalized spacial score (nSPS) is 14.2. The fraction of sp³-hybridized carbons (Fsp3) is 0.138. The highest BCUT2D eigenvalue weighted by Gasteiger charge is 2.36. The second kappa shape index (κ2) is 10.5. The molecule has 0 saturated carbocycles. The summed E-state index contributed by atoms with van der Waals surface area (Å²) in [5.41, 5.74) is 3.40. The zero-order valence-electron chi connectivity index (χ0n) is 21.2. The molecule has 4 aromatic rings. The van der Waals surface area contributed by atoms with Crippen LogP contribution in [-0.2, 0) is 4.79 Å². The molecular formula is C29H27N5O4. The van der Waals surface area contributed by atoms with Gasteiger partial charge in [-0.25, -0.2) is 4.68 Å².